The van der Waals surface area contributed by atoms with Crippen molar-refractivity contribution in [2.45, 2.75) is 39.2 Å². The van der Waals surface area contributed by atoms with Crippen LogP contribution in [0.1, 0.15) is 43.3 Å². The number of fused-ring (bicyclic) bond motifs is 1. The highest BCUT2D eigenvalue weighted by Crippen LogP contribution is 2.24. The minimum absolute atomic E-state index is 0.00121. The van der Waals surface area contributed by atoms with Gasteiger partial charge in [0.05, 0.1) is 29.2 Å². The fourth-order valence-electron chi connectivity index (χ4n) is 4.46. The van der Waals surface area contributed by atoms with E-state index in [9.17, 15) is 9.59 Å². The number of carbonyl (C=O) groups excluding carboxylic acids is 1. The van der Waals surface area contributed by atoms with Crippen LogP contribution in [0.3, 0.4) is 0 Å². The van der Waals surface area contributed by atoms with Crippen molar-refractivity contribution >= 4 is 16.8 Å². The molecule has 1 aromatic heterocycles. The Bertz CT molecular complexity index is 1360. The van der Waals surface area contributed by atoms with Crippen LogP contribution in [0.2, 0.25) is 0 Å². The van der Waals surface area contributed by atoms with E-state index in [-0.39, 0.29) is 11.5 Å². The molecule has 0 N–H and O–H groups in total. The van der Waals surface area contributed by atoms with Gasteiger partial charge in [0.15, 0.2) is 0 Å². The van der Waals surface area contributed by atoms with Gasteiger partial charge in [-0.25, -0.2) is 4.98 Å². The molecular weight excluding hydrogens is 450 g/mol. The van der Waals surface area contributed by atoms with Gasteiger partial charge < -0.3 is 9.64 Å². The van der Waals surface area contributed by atoms with Crippen molar-refractivity contribution in [1.82, 2.24) is 14.5 Å². The van der Waals surface area contributed by atoms with Crippen LogP contribution in [-0.4, -0.2) is 40.6 Å². The van der Waals surface area contributed by atoms with Crippen LogP contribution in [0, 0.1) is 0 Å². The second kappa shape index (κ2) is 11.8. The molecule has 4 rings (SSSR count). The van der Waals surface area contributed by atoms with Crippen LogP contribution >= 0.6 is 0 Å². The first-order chi connectivity index (χ1) is 17.5. The fourth-order valence-corrected chi connectivity index (χ4v) is 4.46. The molecule has 0 spiro atoms. The minimum Gasteiger partial charge on any atom is -0.383 e. The molecule has 0 aliphatic carbocycles. The molecule has 1 unspecified atom stereocenters. The van der Waals surface area contributed by atoms with Crippen LogP contribution < -0.4 is 5.56 Å². The third-order valence-electron chi connectivity index (χ3n) is 6.57. The molecule has 0 saturated heterocycles. The average Bonchev–Trinajstić information content (AvgIpc) is 2.92. The molecule has 3 aromatic carbocycles. The Morgan fingerprint density at radius 2 is 1.67 bits per heavy atom. The number of hydrogen-bond donors (Lipinski definition) is 0. The van der Waals surface area contributed by atoms with Gasteiger partial charge in [-0.05, 0) is 55.2 Å². The fraction of sp³-hybridized carbons (Fsp3) is 0.300. The maximum absolute atomic E-state index is 13.7. The van der Waals surface area contributed by atoms with Crippen molar-refractivity contribution in [3.8, 4) is 5.69 Å². The zero-order chi connectivity index (χ0) is 25.5. The molecule has 186 valence electrons. The molecule has 0 radical (unpaired) electrons. The van der Waals surface area contributed by atoms with E-state index in [4.69, 9.17) is 9.72 Å². The highest BCUT2D eigenvalue weighted by atomic mass is 16.5. The number of carbonyl (C=O) groups is 1. The molecule has 6 nitrogen and oxygen atoms in total. The molecule has 0 aliphatic rings. The molecule has 36 heavy (non-hydrogen) atoms. The zero-order valence-corrected chi connectivity index (χ0v) is 21.2. The summed E-state index contributed by atoms with van der Waals surface area (Å²) in [6.07, 6.45) is 1.92. The summed E-state index contributed by atoms with van der Waals surface area (Å²) in [6, 6.07) is 24.8. The van der Waals surface area contributed by atoms with Crippen molar-refractivity contribution in [3.05, 3.63) is 106 Å². The largest absolute Gasteiger partial charge is 0.383 e. The first-order valence-corrected chi connectivity index (χ1v) is 12.5. The Kier molecular flexibility index (Phi) is 8.28. The molecule has 0 bridgehead atoms. The Morgan fingerprint density at radius 3 is 2.36 bits per heavy atom. The topological polar surface area (TPSA) is 64.4 Å². The van der Waals surface area contributed by atoms with Gasteiger partial charge in [-0.2, -0.15) is 0 Å². The van der Waals surface area contributed by atoms with E-state index in [0.29, 0.717) is 42.7 Å². The van der Waals surface area contributed by atoms with Crippen molar-refractivity contribution < 1.29 is 9.53 Å². The standard InChI is InChI=1S/C30H33N3O3/c1-4-23-14-17-25(18-15-23)33-29(31-27-13-9-8-12-26(27)30(33)35)22(2)32(20-21-36-3)28(34)19-16-24-10-6-5-7-11-24/h5-15,17-18,22H,4,16,19-21H2,1-3H3. The molecule has 0 fully saturated rings. The lowest BCUT2D eigenvalue weighted by Crippen LogP contribution is -2.39. The lowest BCUT2D eigenvalue weighted by Gasteiger charge is -2.30. The molecule has 6 heteroatoms. The van der Waals surface area contributed by atoms with E-state index >= 15 is 0 Å². The Hall–Kier alpha value is -3.77. The molecule has 1 heterocycles. The van der Waals surface area contributed by atoms with E-state index < -0.39 is 6.04 Å². The second-order valence-corrected chi connectivity index (χ2v) is 8.89. The van der Waals surface area contributed by atoms with Gasteiger partial charge in [0.2, 0.25) is 5.91 Å². The highest BCUT2D eigenvalue weighted by molar-refractivity contribution is 5.79. The molecule has 4 aromatic rings. The van der Waals surface area contributed by atoms with Crippen molar-refractivity contribution in [2.24, 2.45) is 0 Å². The summed E-state index contributed by atoms with van der Waals surface area (Å²) in [5, 5.41) is 0.548. The van der Waals surface area contributed by atoms with E-state index in [0.717, 1.165) is 17.7 Å². The lowest BCUT2D eigenvalue weighted by atomic mass is 10.1. The number of ether oxygens (including phenoxy) is 1. The number of para-hydroxylation sites is 1. The molecule has 0 saturated carbocycles. The van der Waals surface area contributed by atoms with Crippen LogP contribution in [0.4, 0.5) is 0 Å². The van der Waals surface area contributed by atoms with Gasteiger partial charge in [-0.15, -0.1) is 0 Å². The lowest BCUT2D eigenvalue weighted by molar-refractivity contribution is -0.134. The smallest absolute Gasteiger partial charge is 0.266 e. The second-order valence-electron chi connectivity index (χ2n) is 8.89. The Morgan fingerprint density at radius 1 is 0.972 bits per heavy atom. The normalized spacial score (nSPS) is 12.0. The van der Waals surface area contributed by atoms with E-state index in [1.54, 1.807) is 22.6 Å². The number of methoxy groups -OCH3 is 1. The van der Waals surface area contributed by atoms with E-state index in [1.165, 1.54) is 5.56 Å². The SMILES string of the molecule is CCc1ccc(-n2c(C(C)N(CCOC)C(=O)CCc3ccccc3)nc3ccccc3c2=O)cc1. The summed E-state index contributed by atoms with van der Waals surface area (Å²) in [4.78, 5) is 33.9. The summed E-state index contributed by atoms with van der Waals surface area (Å²) in [5.74, 6) is 0.533. The van der Waals surface area contributed by atoms with E-state index in [2.05, 4.69) is 6.92 Å². The monoisotopic (exact) mass is 483 g/mol. The zero-order valence-electron chi connectivity index (χ0n) is 21.2. The number of aryl methyl sites for hydroxylation is 2. The summed E-state index contributed by atoms with van der Waals surface area (Å²) in [6.45, 7) is 4.83. The third-order valence-corrected chi connectivity index (χ3v) is 6.57. The van der Waals surface area contributed by atoms with Crippen LogP contribution in [0.15, 0.2) is 83.7 Å². The molecular formula is C30H33N3O3. The Labute approximate surface area is 212 Å². The van der Waals surface area contributed by atoms with Gasteiger partial charge in [0, 0.05) is 20.1 Å². The van der Waals surface area contributed by atoms with Crippen molar-refractivity contribution in [1.29, 1.82) is 0 Å². The maximum atomic E-state index is 13.7. The van der Waals surface area contributed by atoms with Gasteiger partial charge >= 0.3 is 0 Å². The summed E-state index contributed by atoms with van der Waals surface area (Å²) >= 11 is 0. The minimum atomic E-state index is -0.438. The predicted molar refractivity (Wildman–Crippen MR) is 143 cm³/mol. The van der Waals surface area contributed by atoms with Gasteiger partial charge in [0.1, 0.15) is 5.82 Å². The quantitative estimate of drug-likeness (QED) is 0.314. The van der Waals surface area contributed by atoms with Gasteiger partial charge in [0.25, 0.3) is 5.56 Å². The average molecular weight is 484 g/mol. The number of benzene rings is 3. The number of aromatic nitrogens is 2. The number of rotatable bonds is 10. The summed E-state index contributed by atoms with van der Waals surface area (Å²) in [7, 11) is 1.62. The molecule has 0 aliphatic heterocycles. The van der Waals surface area contributed by atoms with Crippen LogP contribution in [0.5, 0.6) is 0 Å². The van der Waals surface area contributed by atoms with Crippen molar-refractivity contribution in [3.63, 3.8) is 0 Å². The predicted octanol–water partition coefficient (Wildman–Crippen LogP) is 5.12. The van der Waals surface area contributed by atoms with Crippen LogP contribution in [-0.2, 0) is 22.4 Å². The number of hydrogen-bond acceptors (Lipinski definition) is 4. The Balaban J connectivity index is 1.76. The number of nitrogens with zero attached hydrogens (tertiary/aromatic N) is 3. The molecule has 1 atom stereocenters. The van der Waals surface area contributed by atoms with E-state index in [1.807, 2.05) is 79.7 Å². The van der Waals surface area contributed by atoms with Crippen molar-refractivity contribution in [2.75, 3.05) is 20.3 Å². The number of amides is 1. The van der Waals surface area contributed by atoms with Gasteiger partial charge in [-0.1, -0.05) is 61.5 Å². The summed E-state index contributed by atoms with van der Waals surface area (Å²) in [5.41, 5.74) is 3.51. The first-order valence-electron chi connectivity index (χ1n) is 12.5. The summed E-state index contributed by atoms with van der Waals surface area (Å²) < 4.78 is 6.97. The first kappa shape index (κ1) is 25.3. The van der Waals surface area contributed by atoms with Crippen LogP contribution in [0.25, 0.3) is 16.6 Å². The maximum Gasteiger partial charge on any atom is 0.266 e. The molecule has 1 amide bonds. The highest BCUT2D eigenvalue weighted by Gasteiger charge is 2.26. The third kappa shape index (κ3) is 5.55. The van der Waals surface area contributed by atoms with Gasteiger partial charge in [-0.3, -0.25) is 14.2 Å².